The normalized spacial score (nSPS) is 30.1. The van der Waals surface area contributed by atoms with Crippen molar-refractivity contribution in [2.45, 2.75) is 12.8 Å². The Labute approximate surface area is 71.6 Å². The molecule has 1 aliphatic carbocycles. The van der Waals surface area contributed by atoms with Gasteiger partial charge >= 0.3 is 18.9 Å². The molecule has 0 aromatic carbocycles. The maximum Gasteiger partial charge on any atom is 1.00 e. The molecule has 1 fully saturated rings. The Morgan fingerprint density at radius 2 is 2.10 bits per heavy atom. The second-order valence-corrected chi connectivity index (χ2v) is 2.54. The first-order valence-corrected chi connectivity index (χ1v) is 3.05. The summed E-state index contributed by atoms with van der Waals surface area (Å²) in [6, 6.07) is 0. The molecule has 1 rings (SSSR count). The van der Waals surface area contributed by atoms with Gasteiger partial charge in [-0.15, -0.1) is 0 Å². The molecule has 0 aromatic heterocycles. The van der Waals surface area contributed by atoms with Gasteiger partial charge in [0, 0.05) is 12.6 Å². The number of aliphatic hydroxyl groups excluding tert-OH is 1. The molecule has 4 heteroatoms. The number of aliphatic hydroxyl groups is 1. The van der Waals surface area contributed by atoms with E-state index in [2.05, 4.69) is 0 Å². The fraction of sp³-hybridized carbons (Fsp3) is 0.833. The third kappa shape index (κ3) is 2.01. The molecule has 0 radical (unpaired) electrons. The summed E-state index contributed by atoms with van der Waals surface area (Å²) in [5, 5.41) is 18.5. The Balaban J connectivity index is 0.000000810. The molecular formula is C6H9LiO3. The number of aliphatic carboxylic acids is 1. The Bertz CT molecular complexity index is 120. The Morgan fingerprint density at radius 3 is 2.40 bits per heavy atom. The van der Waals surface area contributed by atoms with Gasteiger partial charge in [0.15, 0.2) is 0 Å². The average Bonchev–Trinajstić information content (AvgIpc) is 1.61. The van der Waals surface area contributed by atoms with Crippen molar-refractivity contribution in [1.82, 2.24) is 0 Å². The van der Waals surface area contributed by atoms with E-state index in [4.69, 9.17) is 5.11 Å². The standard InChI is InChI=1S/C6H10O3.Li/c7-3-4-1-5(2-4)6(8)9;/h4-5,7H,1-3H2,(H,8,9);/q;+1/p-1. The molecule has 0 aliphatic heterocycles. The van der Waals surface area contributed by atoms with Crippen molar-refractivity contribution in [1.29, 1.82) is 0 Å². The van der Waals surface area contributed by atoms with E-state index < -0.39 is 5.97 Å². The first-order valence-electron chi connectivity index (χ1n) is 3.05. The van der Waals surface area contributed by atoms with Gasteiger partial charge in [0.1, 0.15) is 0 Å². The van der Waals surface area contributed by atoms with E-state index in [9.17, 15) is 9.90 Å². The van der Waals surface area contributed by atoms with E-state index in [0.717, 1.165) is 0 Å². The first-order chi connectivity index (χ1) is 4.24. The van der Waals surface area contributed by atoms with Gasteiger partial charge in [-0.3, -0.25) is 0 Å². The van der Waals surface area contributed by atoms with Crippen LogP contribution in [0.3, 0.4) is 0 Å². The number of carbonyl (C=O) groups excluding carboxylic acids is 1. The predicted molar refractivity (Wildman–Crippen MR) is 28.3 cm³/mol. The van der Waals surface area contributed by atoms with Crippen LogP contribution in [-0.2, 0) is 4.79 Å². The minimum atomic E-state index is -0.972. The number of hydrogen-bond acceptors (Lipinski definition) is 3. The molecule has 3 nitrogen and oxygen atoms in total. The molecule has 52 valence electrons. The summed E-state index contributed by atoms with van der Waals surface area (Å²) < 4.78 is 0. The molecule has 0 saturated heterocycles. The number of hydrogen-bond donors (Lipinski definition) is 1. The molecule has 0 bridgehead atoms. The molecule has 1 aliphatic rings. The van der Waals surface area contributed by atoms with Crippen molar-refractivity contribution in [2.75, 3.05) is 6.61 Å². The van der Waals surface area contributed by atoms with E-state index in [0.29, 0.717) is 12.8 Å². The van der Waals surface area contributed by atoms with Crippen molar-refractivity contribution < 1.29 is 33.9 Å². The van der Waals surface area contributed by atoms with Crippen LogP contribution in [0.15, 0.2) is 0 Å². The largest absolute Gasteiger partial charge is 1.00 e. The van der Waals surface area contributed by atoms with Gasteiger partial charge in [-0.1, -0.05) is 0 Å². The van der Waals surface area contributed by atoms with E-state index in [1.54, 1.807) is 0 Å². The zero-order chi connectivity index (χ0) is 6.85. The number of rotatable bonds is 2. The second kappa shape index (κ2) is 4.02. The molecule has 1 saturated carbocycles. The Morgan fingerprint density at radius 1 is 1.60 bits per heavy atom. The van der Waals surface area contributed by atoms with Crippen LogP contribution in [0.4, 0.5) is 0 Å². The molecule has 10 heavy (non-hydrogen) atoms. The summed E-state index contributed by atoms with van der Waals surface area (Å²) in [7, 11) is 0. The summed E-state index contributed by atoms with van der Waals surface area (Å²) in [4.78, 5) is 10.1. The molecule has 0 atom stereocenters. The molecule has 0 unspecified atom stereocenters. The smallest absolute Gasteiger partial charge is 0.550 e. The summed E-state index contributed by atoms with van der Waals surface area (Å²) in [6.07, 6.45) is 1.19. The van der Waals surface area contributed by atoms with Crippen LogP contribution in [0.2, 0.25) is 0 Å². The fourth-order valence-electron chi connectivity index (χ4n) is 1.08. The van der Waals surface area contributed by atoms with Crippen molar-refractivity contribution in [3.63, 3.8) is 0 Å². The maximum absolute atomic E-state index is 10.1. The quantitative estimate of drug-likeness (QED) is 0.391. The van der Waals surface area contributed by atoms with Crippen molar-refractivity contribution in [3.05, 3.63) is 0 Å². The SMILES string of the molecule is O=C([O-])C1CC(CO)C1.[Li+]. The third-order valence-corrected chi connectivity index (χ3v) is 1.83. The summed E-state index contributed by atoms with van der Waals surface area (Å²) >= 11 is 0. The van der Waals surface area contributed by atoms with Crippen molar-refractivity contribution >= 4 is 5.97 Å². The van der Waals surface area contributed by atoms with Gasteiger partial charge in [0.05, 0.1) is 0 Å². The van der Waals surface area contributed by atoms with Crippen LogP contribution in [0.25, 0.3) is 0 Å². The molecule has 0 aromatic rings. The molecular weight excluding hydrogens is 127 g/mol. The van der Waals surface area contributed by atoms with Gasteiger partial charge in [0.25, 0.3) is 0 Å². The maximum atomic E-state index is 10.1. The van der Waals surface area contributed by atoms with Crippen LogP contribution in [-0.4, -0.2) is 17.7 Å². The molecule has 1 N–H and O–H groups in total. The number of carbonyl (C=O) groups is 1. The second-order valence-electron chi connectivity index (χ2n) is 2.54. The summed E-state index contributed by atoms with van der Waals surface area (Å²) in [6.45, 7) is 0.115. The van der Waals surface area contributed by atoms with Crippen LogP contribution in [0.1, 0.15) is 12.8 Å². The van der Waals surface area contributed by atoms with Crippen LogP contribution in [0.5, 0.6) is 0 Å². The first kappa shape index (κ1) is 10.0. The zero-order valence-electron chi connectivity index (χ0n) is 6.04. The minimum absolute atomic E-state index is 0. The zero-order valence-corrected chi connectivity index (χ0v) is 6.04. The fourth-order valence-corrected chi connectivity index (χ4v) is 1.08. The third-order valence-electron chi connectivity index (χ3n) is 1.83. The average molecular weight is 136 g/mol. The minimum Gasteiger partial charge on any atom is -0.550 e. The van der Waals surface area contributed by atoms with E-state index in [1.165, 1.54) is 0 Å². The van der Waals surface area contributed by atoms with Gasteiger partial charge in [-0.25, -0.2) is 0 Å². The van der Waals surface area contributed by atoms with E-state index >= 15 is 0 Å². The van der Waals surface area contributed by atoms with E-state index in [-0.39, 0.29) is 37.3 Å². The van der Waals surface area contributed by atoms with Crippen molar-refractivity contribution in [3.8, 4) is 0 Å². The Hall–Kier alpha value is 0.0274. The molecule has 0 spiro atoms. The van der Waals surface area contributed by atoms with Gasteiger partial charge in [-0.2, -0.15) is 0 Å². The van der Waals surface area contributed by atoms with Crippen molar-refractivity contribution in [2.24, 2.45) is 11.8 Å². The van der Waals surface area contributed by atoms with Gasteiger partial charge in [0.2, 0.25) is 0 Å². The molecule has 0 heterocycles. The summed E-state index contributed by atoms with van der Waals surface area (Å²) in [5.74, 6) is -1.05. The Kier molecular flexibility index (Phi) is 4.03. The van der Waals surface area contributed by atoms with Crippen LogP contribution >= 0.6 is 0 Å². The van der Waals surface area contributed by atoms with Crippen LogP contribution < -0.4 is 24.0 Å². The van der Waals surface area contributed by atoms with Gasteiger partial charge < -0.3 is 15.0 Å². The van der Waals surface area contributed by atoms with E-state index in [1.807, 2.05) is 0 Å². The summed E-state index contributed by atoms with van der Waals surface area (Å²) in [5.41, 5.74) is 0. The topological polar surface area (TPSA) is 60.4 Å². The molecule has 0 amide bonds. The van der Waals surface area contributed by atoms with Gasteiger partial charge in [-0.05, 0) is 24.7 Å². The van der Waals surface area contributed by atoms with Crippen LogP contribution in [0, 0.1) is 11.8 Å². The predicted octanol–water partition coefficient (Wildman–Crippen LogP) is -4.24. The number of carboxylic acids is 1. The number of carboxylic acid groups (broad SMARTS) is 1. The monoisotopic (exact) mass is 136 g/mol.